The lowest BCUT2D eigenvalue weighted by molar-refractivity contribution is -0.137. The highest BCUT2D eigenvalue weighted by molar-refractivity contribution is 7.13. The first-order valence-corrected chi connectivity index (χ1v) is 11.2. The van der Waals surface area contributed by atoms with Gasteiger partial charge < -0.3 is 10.1 Å². The number of nitrogens with zero attached hydrogens (tertiary/aromatic N) is 4. The van der Waals surface area contributed by atoms with Gasteiger partial charge in [0.1, 0.15) is 5.54 Å². The molecular weight excluding hydrogens is 471 g/mol. The maximum atomic E-state index is 13.2. The van der Waals surface area contributed by atoms with E-state index >= 15 is 0 Å². The van der Waals surface area contributed by atoms with Crippen LogP contribution >= 0.6 is 11.3 Å². The van der Waals surface area contributed by atoms with E-state index in [2.05, 4.69) is 21.5 Å². The smallest absolute Gasteiger partial charge is 0.416 e. The standard InChI is InChI=1S/C22H18F3N5O3S/c23-22(24,25)14-5-3-6-15(11-14)30-19(16-7-4-10-34-16)27-18(29-30)20(32)33-12-17(31)28-21(13-26)8-1-2-9-21/h3-7,10-11H,1-2,8-9,12H2,(H,28,31). The zero-order valence-electron chi connectivity index (χ0n) is 17.6. The van der Waals surface area contributed by atoms with E-state index in [4.69, 9.17) is 4.74 Å². The molecular formula is C22H18F3N5O3S. The minimum Gasteiger partial charge on any atom is -0.450 e. The molecule has 12 heteroatoms. The van der Waals surface area contributed by atoms with Crippen molar-refractivity contribution < 1.29 is 27.5 Å². The van der Waals surface area contributed by atoms with Gasteiger partial charge in [-0.3, -0.25) is 4.79 Å². The van der Waals surface area contributed by atoms with E-state index in [0.29, 0.717) is 17.7 Å². The highest BCUT2D eigenvalue weighted by Crippen LogP contribution is 2.32. The summed E-state index contributed by atoms with van der Waals surface area (Å²) in [5.41, 5.74) is -1.78. The normalized spacial score (nSPS) is 15.0. The highest BCUT2D eigenvalue weighted by atomic mass is 32.1. The van der Waals surface area contributed by atoms with Crippen molar-refractivity contribution in [2.75, 3.05) is 6.61 Å². The van der Waals surface area contributed by atoms with Crippen molar-refractivity contribution in [2.24, 2.45) is 0 Å². The zero-order valence-corrected chi connectivity index (χ0v) is 18.4. The third kappa shape index (κ3) is 4.94. The molecule has 1 aromatic carbocycles. The number of amides is 1. The van der Waals surface area contributed by atoms with Crippen molar-refractivity contribution in [1.29, 1.82) is 5.26 Å². The summed E-state index contributed by atoms with van der Waals surface area (Å²) >= 11 is 1.27. The van der Waals surface area contributed by atoms with Crippen molar-refractivity contribution in [3.05, 3.63) is 53.2 Å². The Balaban J connectivity index is 1.56. The van der Waals surface area contributed by atoms with E-state index in [0.717, 1.165) is 29.7 Å². The Kier molecular flexibility index (Phi) is 6.39. The molecule has 0 spiro atoms. The monoisotopic (exact) mass is 489 g/mol. The molecule has 1 saturated carbocycles. The lowest BCUT2D eigenvalue weighted by atomic mass is 10.00. The van der Waals surface area contributed by atoms with Crippen molar-refractivity contribution in [3.63, 3.8) is 0 Å². The molecule has 0 radical (unpaired) electrons. The van der Waals surface area contributed by atoms with Crippen LogP contribution in [0.25, 0.3) is 16.4 Å². The number of alkyl halides is 3. The topological polar surface area (TPSA) is 110 Å². The summed E-state index contributed by atoms with van der Waals surface area (Å²) < 4.78 is 45.7. The molecule has 0 saturated heterocycles. The first kappa shape index (κ1) is 23.4. The van der Waals surface area contributed by atoms with Crippen LogP contribution < -0.4 is 5.32 Å². The van der Waals surface area contributed by atoms with Crippen molar-refractivity contribution >= 4 is 23.2 Å². The van der Waals surface area contributed by atoms with Crippen LogP contribution in [0.1, 0.15) is 41.9 Å². The number of rotatable bonds is 6. The fourth-order valence-corrected chi connectivity index (χ4v) is 4.40. The highest BCUT2D eigenvalue weighted by Gasteiger charge is 2.36. The van der Waals surface area contributed by atoms with Crippen LogP contribution in [0.2, 0.25) is 0 Å². The predicted octanol–water partition coefficient (Wildman–Crippen LogP) is 4.12. The molecule has 0 unspecified atom stereocenters. The van der Waals surface area contributed by atoms with Gasteiger partial charge in [0.25, 0.3) is 11.7 Å². The van der Waals surface area contributed by atoms with Crippen LogP contribution in [0.15, 0.2) is 41.8 Å². The van der Waals surface area contributed by atoms with Gasteiger partial charge in [-0.15, -0.1) is 16.4 Å². The molecule has 1 aliphatic rings. The van der Waals surface area contributed by atoms with Crippen LogP contribution in [0.4, 0.5) is 13.2 Å². The first-order chi connectivity index (χ1) is 16.2. The van der Waals surface area contributed by atoms with E-state index in [1.807, 2.05) is 0 Å². The minimum absolute atomic E-state index is 0.0553. The molecule has 8 nitrogen and oxygen atoms in total. The molecule has 2 heterocycles. The Hall–Kier alpha value is -3.72. The van der Waals surface area contributed by atoms with E-state index in [9.17, 15) is 28.0 Å². The zero-order chi connectivity index (χ0) is 24.3. The third-order valence-electron chi connectivity index (χ3n) is 5.33. The molecule has 1 amide bonds. The van der Waals surface area contributed by atoms with Gasteiger partial charge in [0, 0.05) is 0 Å². The molecule has 1 aliphatic carbocycles. The fourth-order valence-electron chi connectivity index (χ4n) is 3.70. The summed E-state index contributed by atoms with van der Waals surface area (Å²) in [6.45, 7) is -0.644. The second-order valence-electron chi connectivity index (χ2n) is 7.72. The second-order valence-corrected chi connectivity index (χ2v) is 8.67. The number of hydrogen-bond donors (Lipinski definition) is 1. The molecule has 0 aliphatic heterocycles. The molecule has 3 aromatic rings. The van der Waals surface area contributed by atoms with Gasteiger partial charge in [-0.05, 0) is 55.3 Å². The number of hydrogen-bond acceptors (Lipinski definition) is 7. The Morgan fingerprint density at radius 3 is 2.65 bits per heavy atom. The molecule has 1 fully saturated rings. The Bertz CT molecular complexity index is 1240. The van der Waals surface area contributed by atoms with E-state index < -0.39 is 41.6 Å². The number of carbonyl (C=O) groups excluding carboxylic acids is 2. The summed E-state index contributed by atoms with van der Waals surface area (Å²) in [7, 11) is 0. The molecule has 0 atom stereocenters. The SMILES string of the molecule is N#CC1(NC(=O)COC(=O)c2nc(-c3cccs3)n(-c3cccc(C(F)(F)F)c3)n2)CCCC1. The third-order valence-corrected chi connectivity index (χ3v) is 6.20. The van der Waals surface area contributed by atoms with Crippen molar-refractivity contribution in [3.8, 4) is 22.5 Å². The van der Waals surface area contributed by atoms with Gasteiger partial charge in [-0.2, -0.15) is 23.4 Å². The summed E-state index contributed by atoms with van der Waals surface area (Å²) in [5, 5.41) is 17.8. The number of nitriles is 1. The Morgan fingerprint density at radius 2 is 2.00 bits per heavy atom. The first-order valence-electron chi connectivity index (χ1n) is 10.3. The molecule has 1 N–H and O–H groups in total. The van der Waals surface area contributed by atoms with Gasteiger partial charge >= 0.3 is 12.1 Å². The largest absolute Gasteiger partial charge is 0.450 e. The molecule has 176 valence electrons. The van der Waals surface area contributed by atoms with Crippen molar-refractivity contribution in [2.45, 2.75) is 37.4 Å². The number of benzene rings is 1. The molecule has 2 aromatic heterocycles. The quantitative estimate of drug-likeness (QED) is 0.522. The maximum Gasteiger partial charge on any atom is 0.416 e. The van der Waals surface area contributed by atoms with Crippen molar-refractivity contribution in [1.82, 2.24) is 20.1 Å². The molecule has 34 heavy (non-hydrogen) atoms. The Labute approximate surface area is 196 Å². The number of carbonyl (C=O) groups is 2. The summed E-state index contributed by atoms with van der Waals surface area (Å²) in [6.07, 6.45) is -1.88. The lowest BCUT2D eigenvalue weighted by Crippen LogP contribution is -2.46. The number of halogens is 3. The van der Waals surface area contributed by atoms with Gasteiger partial charge in [0.05, 0.1) is 22.2 Å². The molecule has 0 bridgehead atoms. The van der Waals surface area contributed by atoms with Gasteiger partial charge in [0.2, 0.25) is 0 Å². The van der Waals surface area contributed by atoms with E-state index in [1.165, 1.54) is 23.5 Å². The minimum atomic E-state index is -4.56. The van der Waals surface area contributed by atoms with Gasteiger partial charge in [-0.25, -0.2) is 9.48 Å². The Morgan fingerprint density at radius 1 is 1.24 bits per heavy atom. The summed E-state index contributed by atoms with van der Waals surface area (Å²) in [6, 6.07) is 9.98. The van der Waals surface area contributed by atoms with Gasteiger partial charge in [-0.1, -0.05) is 12.1 Å². The van der Waals surface area contributed by atoms with E-state index in [1.54, 1.807) is 17.5 Å². The maximum absolute atomic E-state index is 13.2. The summed E-state index contributed by atoms with van der Waals surface area (Å²) in [4.78, 5) is 29.5. The number of nitrogens with one attached hydrogen (secondary N) is 1. The second kappa shape index (κ2) is 9.26. The van der Waals surface area contributed by atoms with E-state index in [-0.39, 0.29) is 11.5 Å². The van der Waals surface area contributed by atoms with Crippen LogP contribution in [0.5, 0.6) is 0 Å². The fraction of sp³-hybridized carbons (Fsp3) is 0.318. The number of ether oxygens (including phenoxy) is 1. The average Bonchev–Trinajstić information content (AvgIpc) is 3.57. The lowest BCUT2D eigenvalue weighted by Gasteiger charge is -2.21. The summed E-state index contributed by atoms with van der Waals surface area (Å²) in [5.74, 6) is -1.91. The average molecular weight is 489 g/mol. The van der Waals surface area contributed by atoms with Crippen LogP contribution in [0.3, 0.4) is 0 Å². The van der Waals surface area contributed by atoms with Crippen LogP contribution in [0, 0.1) is 11.3 Å². The van der Waals surface area contributed by atoms with Crippen LogP contribution in [-0.2, 0) is 15.7 Å². The number of esters is 1. The predicted molar refractivity (Wildman–Crippen MR) is 115 cm³/mol. The molecule has 4 rings (SSSR count). The number of aromatic nitrogens is 3. The van der Waals surface area contributed by atoms with Crippen LogP contribution in [-0.4, -0.2) is 38.8 Å². The number of thiophene rings is 1. The van der Waals surface area contributed by atoms with Gasteiger partial charge in [0.15, 0.2) is 12.4 Å².